The number of aryl methyl sites for hydroxylation is 1. The molecule has 1 aromatic rings. The quantitative estimate of drug-likeness (QED) is 0.600. The maximum absolute atomic E-state index is 12.0. The number of methoxy groups -OCH3 is 1. The average molecular weight is 294 g/mol. The lowest BCUT2D eigenvalue weighted by Crippen LogP contribution is -2.32. The van der Waals surface area contributed by atoms with E-state index in [1.165, 1.54) is 0 Å². The minimum absolute atomic E-state index is 0.117. The van der Waals surface area contributed by atoms with Crippen molar-refractivity contribution in [1.82, 2.24) is 15.6 Å². The van der Waals surface area contributed by atoms with Gasteiger partial charge in [-0.1, -0.05) is 0 Å². The fourth-order valence-corrected chi connectivity index (χ4v) is 1.70. The van der Waals surface area contributed by atoms with Crippen molar-refractivity contribution in [2.24, 2.45) is 0 Å². The largest absolute Gasteiger partial charge is 0.383 e. The van der Waals surface area contributed by atoms with E-state index in [9.17, 15) is 9.59 Å². The molecule has 0 aliphatic carbocycles. The van der Waals surface area contributed by atoms with Crippen molar-refractivity contribution in [3.8, 4) is 0 Å². The number of amides is 2. The Morgan fingerprint density at radius 2 is 2.00 bits per heavy atom. The molecule has 0 aliphatic rings. The number of carbonyl (C=O) groups excluding carboxylic acids is 2. The monoisotopic (exact) mass is 294 g/mol. The number of carbonyl (C=O) groups is 2. The molecule has 1 rings (SSSR count). The maximum atomic E-state index is 12.0. The molecule has 3 N–H and O–H groups in total. The van der Waals surface area contributed by atoms with E-state index in [2.05, 4.69) is 20.9 Å². The van der Waals surface area contributed by atoms with Gasteiger partial charge in [-0.3, -0.25) is 9.59 Å². The van der Waals surface area contributed by atoms with Gasteiger partial charge in [-0.15, -0.1) is 0 Å². The summed E-state index contributed by atoms with van der Waals surface area (Å²) in [6.45, 7) is 3.05. The third kappa shape index (κ3) is 6.22. The first kappa shape index (κ1) is 16.9. The molecule has 116 valence electrons. The highest BCUT2D eigenvalue weighted by molar-refractivity contribution is 5.95. The van der Waals surface area contributed by atoms with Crippen molar-refractivity contribution in [2.75, 3.05) is 39.2 Å². The number of hydrogen-bond acceptors (Lipinski definition) is 5. The molecule has 0 radical (unpaired) electrons. The van der Waals surface area contributed by atoms with Crippen molar-refractivity contribution < 1.29 is 14.3 Å². The van der Waals surface area contributed by atoms with E-state index in [1.807, 2.05) is 6.92 Å². The fraction of sp³-hybridized carbons (Fsp3) is 0.500. The third-order valence-electron chi connectivity index (χ3n) is 2.74. The van der Waals surface area contributed by atoms with Gasteiger partial charge >= 0.3 is 0 Å². The SMILES string of the molecule is CNc1cc(C(=O)NCCC(=O)NCCOC)cc(C)n1. The normalized spacial score (nSPS) is 10.0. The number of rotatable bonds is 8. The highest BCUT2D eigenvalue weighted by Gasteiger charge is 2.08. The van der Waals surface area contributed by atoms with Crippen molar-refractivity contribution in [1.29, 1.82) is 0 Å². The molecule has 0 aliphatic heterocycles. The first-order valence-corrected chi connectivity index (χ1v) is 6.77. The molecule has 1 aromatic heterocycles. The number of anilines is 1. The summed E-state index contributed by atoms with van der Waals surface area (Å²) in [6, 6.07) is 3.37. The number of ether oxygens (including phenoxy) is 1. The summed E-state index contributed by atoms with van der Waals surface area (Å²) in [7, 11) is 3.32. The molecule has 2 amide bonds. The van der Waals surface area contributed by atoms with Gasteiger partial charge in [0, 0.05) is 44.9 Å². The molecule has 0 spiro atoms. The summed E-state index contributed by atoms with van der Waals surface area (Å²) in [5, 5.41) is 8.30. The molecule has 0 unspecified atom stereocenters. The van der Waals surface area contributed by atoms with Gasteiger partial charge in [-0.25, -0.2) is 4.98 Å². The second-order valence-electron chi connectivity index (χ2n) is 4.48. The van der Waals surface area contributed by atoms with Crippen LogP contribution in [0.25, 0.3) is 0 Å². The molecule has 7 nitrogen and oxygen atoms in total. The average Bonchev–Trinajstić information content (AvgIpc) is 2.46. The van der Waals surface area contributed by atoms with Gasteiger partial charge in [0.25, 0.3) is 5.91 Å². The van der Waals surface area contributed by atoms with E-state index in [0.717, 1.165) is 5.69 Å². The number of pyridine rings is 1. The Labute approximate surface area is 124 Å². The van der Waals surface area contributed by atoms with Gasteiger partial charge in [-0.05, 0) is 19.1 Å². The lowest BCUT2D eigenvalue weighted by atomic mass is 10.2. The Morgan fingerprint density at radius 1 is 1.24 bits per heavy atom. The molecule has 1 heterocycles. The van der Waals surface area contributed by atoms with Crippen LogP contribution in [0, 0.1) is 6.92 Å². The van der Waals surface area contributed by atoms with Crippen molar-refractivity contribution in [3.63, 3.8) is 0 Å². The number of nitrogens with one attached hydrogen (secondary N) is 3. The van der Waals surface area contributed by atoms with Gasteiger partial charge in [0.05, 0.1) is 6.61 Å². The number of nitrogens with zero attached hydrogens (tertiary/aromatic N) is 1. The van der Waals surface area contributed by atoms with Crippen molar-refractivity contribution in [2.45, 2.75) is 13.3 Å². The van der Waals surface area contributed by atoms with Crippen LogP contribution in [-0.2, 0) is 9.53 Å². The minimum atomic E-state index is -0.221. The highest BCUT2D eigenvalue weighted by atomic mass is 16.5. The second kappa shape index (κ2) is 8.91. The van der Waals surface area contributed by atoms with Crippen LogP contribution < -0.4 is 16.0 Å². The Balaban J connectivity index is 2.40. The van der Waals surface area contributed by atoms with Crippen LogP contribution in [0.3, 0.4) is 0 Å². The maximum Gasteiger partial charge on any atom is 0.251 e. The lowest BCUT2D eigenvalue weighted by Gasteiger charge is -2.08. The topological polar surface area (TPSA) is 92.4 Å². The highest BCUT2D eigenvalue weighted by Crippen LogP contribution is 2.09. The summed E-state index contributed by atoms with van der Waals surface area (Å²) in [5.41, 5.74) is 1.27. The number of aromatic nitrogens is 1. The van der Waals surface area contributed by atoms with Gasteiger partial charge in [-0.2, -0.15) is 0 Å². The summed E-state index contributed by atoms with van der Waals surface area (Å²) in [4.78, 5) is 27.7. The standard InChI is InChI=1S/C14H22N4O3/c1-10-8-11(9-12(15-2)18-10)14(20)17-5-4-13(19)16-6-7-21-3/h8-9H,4-7H2,1-3H3,(H,15,18)(H,16,19)(H,17,20). The fourth-order valence-electron chi connectivity index (χ4n) is 1.70. The van der Waals surface area contributed by atoms with Crippen LogP contribution in [0.4, 0.5) is 5.82 Å². The molecule has 0 fully saturated rings. The minimum Gasteiger partial charge on any atom is -0.383 e. The van der Waals surface area contributed by atoms with Crippen molar-refractivity contribution >= 4 is 17.6 Å². The van der Waals surface area contributed by atoms with Crippen LogP contribution in [0.1, 0.15) is 22.5 Å². The van der Waals surface area contributed by atoms with Gasteiger partial charge in [0.2, 0.25) is 5.91 Å². The van der Waals surface area contributed by atoms with E-state index >= 15 is 0 Å². The zero-order chi connectivity index (χ0) is 15.7. The third-order valence-corrected chi connectivity index (χ3v) is 2.74. The predicted octanol–water partition coefficient (Wildman–Crippen LogP) is 0.314. The molecule has 0 saturated carbocycles. The van der Waals surface area contributed by atoms with E-state index in [1.54, 1.807) is 26.3 Å². The van der Waals surface area contributed by atoms with E-state index in [0.29, 0.717) is 24.5 Å². The Morgan fingerprint density at radius 3 is 2.67 bits per heavy atom. The zero-order valence-corrected chi connectivity index (χ0v) is 12.7. The molecular weight excluding hydrogens is 272 g/mol. The second-order valence-corrected chi connectivity index (χ2v) is 4.48. The smallest absolute Gasteiger partial charge is 0.251 e. The first-order valence-electron chi connectivity index (χ1n) is 6.77. The molecule has 0 atom stereocenters. The van der Waals surface area contributed by atoms with E-state index < -0.39 is 0 Å². The molecule has 0 bridgehead atoms. The molecule has 21 heavy (non-hydrogen) atoms. The Hall–Kier alpha value is -2.15. The molecule has 0 saturated heterocycles. The molecule has 0 aromatic carbocycles. The lowest BCUT2D eigenvalue weighted by molar-refractivity contribution is -0.121. The van der Waals surface area contributed by atoms with Crippen LogP contribution in [0.15, 0.2) is 12.1 Å². The summed E-state index contributed by atoms with van der Waals surface area (Å²) < 4.78 is 4.83. The number of hydrogen-bond donors (Lipinski definition) is 3. The van der Waals surface area contributed by atoms with Gasteiger partial charge in [0.1, 0.15) is 5.82 Å². The van der Waals surface area contributed by atoms with Gasteiger partial charge < -0.3 is 20.7 Å². The van der Waals surface area contributed by atoms with Gasteiger partial charge in [0.15, 0.2) is 0 Å². The Bertz CT molecular complexity index is 491. The van der Waals surface area contributed by atoms with E-state index in [4.69, 9.17) is 4.74 Å². The molecule has 7 heteroatoms. The first-order chi connectivity index (χ1) is 10.1. The van der Waals surface area contributed by atoms with Crippen LogP contribution in [0.2, 0.25) is 0 Å². The van der Waals surface area contributed by atoms with Crippen LogP contribution in [-0.4, -0.2) is 50.7 Å². The zero-order valence-electron chi connectivity index (χ0n) is 12.7. The van der Waals surface area contributed by atoms with E-state index in [-0.39, 0.29) is 24.8 Å². The van der Waals surface area contributed by atoms with Crippen molar-refractivity contribution in [3.05, 3.63) is 23.4 Å². The van der Waals surface area contributed by atoms with Crippen LogP contribution in [0.5, 0.6) is 0 Å². The summed E-state index contributed by atoms with van der Waals surface area (Å²) >= 11 is 0. The summed E-state index contributed by atoms with van der Waals surface area (Å²) in [5.74, 6) is 0.299. The summed E-state index contributed by atoms with van der Waals surface area (Å²) in [6.07, 6.45) is 0.235. The predicted molar refractivity (Wildman–Crippen MR) is 80.4 cm³/mol. The Kier molecular flexibility index (Phi) is 7.17. The van der Waals surface area contributed by atoms with Crippen LogP contribution >= 0.6 is 0 Å². The molecular formula is C14H22N4O3.